The first-order chi connectivity index (χ1) is 11.9. The number of aryl methyl sites for hydroxylation is 2. The minimum absolute atomic E-state index is 0.134. The monoisotopic (exact) mass is 423 g/mol. The van der Waals surface area contributed by atoms with Gasteiger partial charge in [-0.1, -0.05) is 34.1 Å². The zero-order chi connectivity index (χ0) is 18.0. The van der Waals surface area contributed by atoms with E-state index in [0.29, 0.717) is 10.2 Å². The molecule has 0 spiro atoms. The maximum Gasteiger partial charge on any atom is 0.244 e. The van der Waals surface area contributed by atoms with Gasteiger partial charge in [0.1, 0.15) is 10.6 Å². The molecule has 0 fully saturated rings. The molecule has 0 aliphatic heterocycles. The number of methoxy groups -OCH3 is 1. The number of halogens is 1. The number of ether oxygens (including phenoxy) is 1. The highest BCUT2D eigenvalue weighted by Gasteiger charge is 2.23. The molecule has 0 heterocycles. The lowest BCUT2D eigenvalue weighted by Crippen LogP contribution is -2.27. The summed E-state index contributed by atoms with van der Waals surface area (Å²) < 4.78 is 34.3. The van der Waals surface area contributed by atoms with E-state index < -0.39 is 10.0 Å². The molecule has 0 saturated heterocycles. The Kier molecular flexibility index (Phi) is 5.51. The lowest BCUT2D eigenvalue weighted by molar-refractivity contribution is 0.402. The highest BCUT2D eigenvalue weighted by molar-refractivity contribution is 9.10. The van der Waals surface area contributed by atoms with Crippen molar-refractivity contribution in [3.05, 3.63) is 57.6 Å². The molecule has 0 bridgehead atoms. The predicted octanol–water partition coefficient (Wildman–Crippen LogP) is 4.38. The zero-order valence-corrected chi connectivity index (χ0v) is 16.8. The molecule has 0 saturated carbocycles. The standard InChI is InChI=1S/C19H22BrNO3S/c1-13(15-8-7-14-5-3-4-6-16(14)11-15)21-25(22,23)19-12-17(20)9-10-18(19)24-2/h7-13,21H,3-6H2,1-2H3/t13-/m0/s1. The second-order valence-corrected chi connectivity index (χ2v) is 8.97. The van der Waals surface area contributed by atoms with E-state index in [1.165, 1.54) is 31.1 Å². The van der Waals surface area contributed by atoms with Crippen LogP contribution in [0.4, 0.5) is 0 Å². The highest BCUT2D eigenvalue weighted by Crippen LogP contribution is 2.29. The first-order valence-electron chi connectivity index (χ1n) is 8.38. The number of benzene rings is 2. The van der Waals surface area contributed by atoms with Gasteiger partial charge in [0.2, 0.25) is 10.0 Å². The Morgan fingerprint density at radius 3 is 2.52 bits per heavy atom. The summed E-state index contributed by atoms with van der Waals surface area (Å²) in [6.07, 6.45) is 4.62. The third-order valence-corrected chi connectivity index (χ3v) is 6.67. The van der Waals surface area contributed by atoms with Gasteiger partial charge in [-0.05, 0) is 67.5 Å². The van der Waals surface area contributed by atoms with Crippen molar-refractivity contribution in [3.8, 4) is 5.75 Å². The van der Waals surface area contributed by atoms with Gasteiger partial charge >= 0.3 is 0 Å². The second kappa shape index (κ2) is 7.48. The van der Waals surface area contributed by atoms with Crippen molar-refractivity contribution in [2.24, 2.45) is 0 Å². The molecule has 1 atom stereocenters. The Balaban J connectivity index is 1.87. The topological polar surface area (TPSA) is 55.4 Å². The Bertz CT molecular complexity index is 880. The summed E-state index contributed by atoms with van der Waals surface area (Å²) in [6, 6.07) is 10.9. The molecule has 0 amide bonds. The van der Waals surface area contributed by atoms with Crippen molar-refractivity contribution in [1.82, 2.24) is 4.72 Å². The molecule has 25 heavy (non-hydrogen) atoms. The Hall–Kier alpha value is -1.37. The van der Waals surface area contributed by atoms with Crippen LogP contribution in [-0.2, 0) is 22.9 Å². The van der Waals surface area contributed by atoms with Crippen molar-refractivity contribution in [2.75, 3.05) is 7.11 Å². The molecule has 4 nitrogen and oxygen atoms in total. The van der Waals surface area contributed by atoms with Crippen molar-refractivity contribution in [1.29, 1.82) is 0 Å². The third kappa shape index (κ3) is 4.07. The van der Waals surface area contributed by atoms with E-state index in [1.807, 2.05) is 13.0 Å². The fourth-order valence-corrected chi connectivity index (χ4v) is 5.19. The van der Waals surface area contributed by atoms with Gasteiger partial charge in [0, 0.05) is 10.5 Å². The molecule has 3 rings (SSSR count). The number of hydrogen-bond acceptors (Lipinski definition) is 3. The second-order valence-electron chi connectivity index (χ2n) is 6.37. The summed E-state index contributed by atoms with van der Waals surface area (Å²) in [6.45, 7) is 1.87. The molecule has 6 heteroatoms. The molecular formula is C19H22BrNO3S. The Morgan fingerprint density at radius 1 is 1.08 bits per heavy atom. The summed E-state index contributed by atoms with van der Waals surface area (Å²) in [5, 5.41) is 0. The van der Waals surface area contributed by atoms with Crippen LogP contribution in [-0.4, -0.2) is 15.5 Å². The lowest BCUT2D eigenvalue weighted by atomic mass is 9.89. The molecule has 0 radical (unpaired) electrons. The van der Waals surface area contributed by atoms with Crippen LogP contribution in [0, 0.1) is 0 Å². The number of rotatable bonds is 5. The van der Waals surface area contributed by atoms with E-state index in [4.69, 9.17) is 4.74 Å². The zero-order valence-electron chi connectivity index (χ0n) is 14.4. The van der Waals surface area contributed by atoms with Gasteiger partial charge in [0.05, 0.1) is 7.11 Å². The Labute approximate surface area is 157 Å². The molecule has 1 N–H and O–H groups in total. The quantitative estimate of drug-likeness (QED) is 0.775. The molecule has 0 aromatic heterocycles. The van der Waals surface area contributed by atoms with Gasteiger partial charge in [-0.3, -0.25) is 0 Å². The van der Waals surface area contributed by atoms with Crippen LogP contribution in [0.5, 0.6) is 5.75 Å². The SMILES string of the molecule is COc1ccc(Br)cc1S(=O)(=O)N[C@@H](C)c1ccc2c(c1)CCCC2. The van der Waals surface area contributed by atoms with Crippen molar-refractivity contribution >= 4 is 26.0 Å². The van der Waals surface area contributed by atoms with Gasteiger partial charge < -0.3 is 4.74 Å². The third-order valence-electron chi connectivity index (χ3n) is 4.62. The maximum atomic E-state index is 12.8. The largest absolute Gasteiger partial charge is 0.495 e. The smallest absolute Gasteiger partial charge is 0.244 e. The van der Waals surface area contributed by atoms with E-state index in [1.54, 1.807) is 18.2 Å². The van der Waals surface area contributed by atoms with Crippen LogP contribution in [0.1, 0.15) is 42.5 Å². The van der Waals surface area contributed by atoms with Gasteiger partial charge in [0.25, 0.3) is 0 Å². The molecular weight excluding hydrogens is 402 g/mol. The number of sulfonamides is 1. The van der Waals surface area contributed by atoms with Gasteiger partial charge in [-0.15, -0.1) is 0 Å². The van der Waals surface area contributed by atoms with Crippen molar-refractivity contribution in [2.45, 2.75) is 43.5 Å². The average molecular weight is 424 g/mol. The summed E-state index contributed by atoms with van der Waals surface area (Å²) in [5.41, 5.74) is 3.71. The van der Waals surface area contributed by atoms with Crippen molar-refractivity contribution < 1.29 is 13.2 Å². The summed E-state index contributed by atoms with van der Waals surface area (Å²) >= 11 is 3.32. The molecule has 2 aromatic carbocycles. The average Bonchev–Trinajstić information content (AvgIpc) is 2.61. The minimum Gasteiger partial charge on any atom is -0.495 e. The first kappa shape index (κ1) is 18.4. The van der Waals surface area contributed by atoms with Gasteiger partial charge in [-0.2, -0.15) is 0 Å². The van der Waals surface area contributed by atoms with Crippen LogP contribution in [0.15, 0.2) is 45.8 Å². The number of nitrogens with one attached hydrogen (secondary N) is 1. The summed E-state index contributed by atoms with van der Waals surface area (Å²) in [5.74, 6) is 0.327. The summed E-state index contributed by atoms with van der Waals surface area (Å²) in [7, 11) is -2.23. The fourth-order valence-electron chi connectivity index (χ4n) is 3.25. The van der Waals surface area contributed by atoms with E-state index >= 15 is 0 Å². The summed E-state index contributed by atoms with van der Waals surface area (Å²) in [4.78, 5) is 0.134. The number of fused-ring (bicyclic) bond motifs is 1. The van der Waals surface area contributed by atoms with E-state index in [-0.39, 0.29) is 10.9 Å². The van der Waals surface area contributed by atoms with E-state index in [0.717, 1.165) is 18.4 Å². The van der Waals surface area contributed by atoms with Crippen molar-refractivity contribution in [3.63, 3.8) is 0 Å². The predicted molar refractivity (Wildman–Crippen MR) is 103 cm³/mol. The van der Waals surface area contributed by atoms with E-state index in [2.05, 4.69) is 32.8 Å². The van der Waals surface area contributed by atoms with Crippen LogP contribution < -0.4 is 9.46 Å². The highest BCUT2D eigenvalue weighted by atomic mass is 79.9. The first-order valence-corrected chi connectivity index (χ1v) is 10.7. The van der Waals surface area contributed by atoms with Crippen LogP contribution in [0.3, 0.4) is 0 Å². The van der Waals surface area contributed by atoms with Gasteiger partial charge in [0.15, 0.2) is 0 Å². The van der Waals surface area contributed by atoms with E-state index in [9.17, 15) is 8.42 Å². The molecule has 1 aliphatic carbocycles. The molecule has 1 aliphatic rings. The van der Waals surface area contributed by atoms with Crippen LogP contribution in [0.2, 0.25) is 0 Å². The molecule has 2 aromatic rings. The van der Waals surface area contributed by atoms with Crippen LogP contribution >= 0.6 is 15.9 Å². The number of hydrogen-bond donors (Lipinski definition) is 1. The maximum absolute atomic E-state index is 12.8. The lowest BCUT2D eigenvalue weighted by Gasteiger charge is -2.20. The molecule has 0 unspecified atom stereocenters. The van der Waals surface area contributed by atoms with Crippen LogP contribution in [0.25, 0.3) is 0 Å². The molecule has 134 valence electrons. The van der Waals surface area contributed by atoms with Gasteiger partial charge in [-0.25, -0.2) is 13.1 Å². The minimum atomic E-state index is -3.70. The Morgan fingerprint density at radius 2 is 1.80 bits per heavy atom. The normalized spacial score (nSPS) is 15.5. The fraction of sp³-hybridized carbons (Fsp3) is 0.368.